The first-order chi connectivity index (χ1) is 13.0. The maximum Gasteiger partial charge on any atom is 0.174 e. The Bertz CT molecular complexity index is 938. The minimum Gasteiger partial charge on any atom is -0.351 e. The zero-order chi connectivity index (χ0) is 19.0. The number of halogens is 1. The van der Waals surface area contributed by atoms with Gasteiger partial charge < -0.3 is 10.2 Å². The third-order valence-electron chi connectivity index (χ3n) is 4.82. The van der Waals surface area contributed by atoms with E-state index in [1.165, 1.54) is 10.4 Å². The van der Waals surface area contributed by atoms with E-state index in [1.807, 2.05) is 18.3 Å². The molecule has 0 saturated carbocycles. The van der Waals surface area contributed by atoms with Gasteiger partial charge >= 0.3 is 0 Å². The quantitative estimate of drug-likeness (QED) is 0.471. The van der Waals surface area contributed by atoms with Crippen molar-refractivity contribution in [2.24, 2.45) is 0 Å². The van der Waals surface area contributed by atoms with Gasteiger partial charge in [0.25, 0.3) is 0 Å². The van der Waals surface area contributed by atoms with Gasteiger partial charge in [0.1, 0.15) is 0 Å². The van der Waals surface area contributed by atoms with Gasteiger partial charge in [0, 0.05) is 26.6 Å². The molecule has 6 heteroatoms. The fourth-order valence-corrected chi connectivity index (χ4v) is 5.34. The smallest absolute Gasteiger partial charge is 0.174 e. The Kier molecular flexibility index (Phi) is 5.30. The molecule has 1 N–H and O–H groups in total. The molecule has 0 amide bonds. The standard InChI is InChI=1S/C21H20BrN3S2/c1-13(2)14-6-8-16(9-7-14)25-20(18-11-15(22)12-27-18)19(24-21(25)26)17-5-3-4-10-23-17/h3-13,19-20H,1-2H3,(H,24,26)/t19-,20+/m0/s1. The van der Waals surface area contributed by atoms with E-state index in [-0.39, 0.29) is 12.1 Å². The average molecular weight is 458 g/mol. The highest BCUT2D eigenvalue weighted by atomic mass is 79.9. The Morgan fingerprint density at radius 1 is 1.19 bits per heavy atom. The number of aromatic nitrogens is 1. The average Bonchev–Trinajstić information content (AvgIpc) is 3.25. The first kappa shape index (κ1) is 18.6. The molecule has 0 bridgehead atoms. The van der Waals surface area contributed by atoms with Gasteiger partial charge in [-0.25, -0.2) is 0 Å². The number of hydrogen-bond acceptors (Lipinski definition) is 3. The number of pyridine rings is 1. The van der Waals surface area contributed by atoms with E-state index in [0.29, 0.717) is 5.92 Å². The lowest BCUT2D eigenvalue weighted by Gasteiger charge is -2.27. The Labute approximate surface area is 177 Å². The fraction of sp³-hybridized carbons (Fsp3) is 0.238. The van der Waals surface area contributed by atoms with Gasteiger partial charge in [0.05, 0.1) is 17.8 Å². The molecule has 1 fully saturated rings. The molecule has 0 spiro atoms. The molecule has 3 aromatic rings. The molecule has 3 nitrogen and oxygen atoms in total. The minimum absolute atomic E-state index is 0.00836. The first-order valence-electron chi connectivity index (χ1n) is 8.89. The molecule has 1 aliphatic rings. The Balaban J connectivity index is 1.78. The van der Waals surface area contributed by atoms with Crippen molar-refractivity contribution < 1.29 is 0 Å². The molecule has 3 heterocycles. The van der Waals surface area contributed by atoms with Crippen molar-refractivity contribution in [1.82, 2.24) is 10.3 Å². The van der Waals surface area contributed by atoms with Gasteiger partial charge in [-0.3, -0.25) is 4.98 Å². The summed E-state index contributed by atoms with van der Waals surface area (Å²) >= 11 is 11.1. The van der Waals surface area contributed by atoms with Crippen molar-refractivity contribution >= 4 is 50.3 Å². The highest BCUT2D eigenvalue weighted by molar-refractivity contribution is 9.10. The van der Waals surface area contributed by atoms with Crippen LogP contribution in [-0.2, 0) is 0 Å². The normalized spacial score (nSPS) is 19.6. The number of nitrogens with one attached hydrogen (secondary N) is 1. The van der Waals surface area contributed by atoms with Gasteiger partial charge in [-0.05, 0) is 70.0 Å². The van der Waals surface area contributed by atoms with Crippen molar-refractivity contribution in [3.8, 4) is 0 Å². The van der Waals surface area contributed by atoms with Crippen LogP contribution >= 0.6 is 39.5 Å². The predicted octanol–water partition coefficient (Wildman–Crippen LogP) is 6.21. The van der Waals surface area contributed by atoms with E-state index >= 15 is 0 Å². The monoisotopic (exact) mass is 457 g/mol. The van der Waals surface area contributed by atoms with E-state index in [9.17, 15) is 0 Å². The number of nitrogens with zero attached hydrogens (tertiary/aromatic N) is 2. The fourth-order valence-electron chi connectivity index (χ4n) is 3.43. The molecule has 2 atom stereocenters. The Morgan fingerprint density at radius 2 is 1.96 bits per heavy atom. The van der Waals surface area contributed by atoms with Crippen LogP contribution in [-0.4, -0.2) is 10.1 Å². The molecular formula is C21H20BrN3S2. The SMILES string of the molecule is CC(C)c1ccc(N2C(=S)N[C@@H](c3ccccn3)[C@H]2c2cc(Br)cs2)cc1. The lowest BCUT2D eigenvalue weighted by Crippen LogP contribution is -2.29. The van der Waals surface area contributed by atoms with E-state index in [1.54, 1.807) is 11.3 Å². The van der Waals surface area contributed by atoms with E-state index < -0.39 is 0 Å². The number of thiocarbonyl (C=S) groups is 1. The number of benzene rings is 1. The predicted molar refractivity (Wildman–Crippen MR) is 120 cm³/mol. The molecule has 2 aromatic heterocycles. The van der Waals surface area contributed by atoms with Gasteiger partial charge in [0.2, 0.25) is 0 Å². The third kappa shape index (κ3) is 3.66. The molecule has 0 aliphatic carbocycles. The van der Waals surface area contributed by atoms with Crippen LogP contribution in [0.5, 0.6) is 0 Å². The molecule has 0 radical (unpaired) electrons. The molecule has 138 valence electrons. The van der Waals surface area contributed by atoms with Crippen molar-refractivity contribution in [3.63, 3.8) is 0 Å². The summed E-state index contributed by atoms with van der Waals surface area (Å²) in [7, 11) is 0. The second-order valence-corrected chi connectivity index (χ2v) is 9.16. The van der Waals surface area contributed by atoms with Crippen LogP contribution < -0.4 is 10.2 Å². The zero-order valence-electron chi connectivity index (χ0n) is 15.1. The molecule has 0 unspecified atom stereocenters. The maximum atomic E-state index is 5.75. The summed E-state index contributed by atoms with van der Waals surface area (Å²) in [6, 6.07) is 17.0. The van der Waals surface area contributed by atoms with Crippen LogP contribution in [0.4, 0.5) is 5.69 Å². The highest BCUT2D eigenvalue weighted by Crippen LogP contribution is 2.44. The van der Waals surface area contributed by atoms with Gasteiger partial charge in [-0.15, -0.1) is 11.3 Å². The summed E-state index contributed by atoms with van der Waals surface area (Å²) in [5, 5.41) is 6.35. The molecule has 27 heavy (non-hydrogen) atoms. The summed E-state index contributed by atoms with van der Waals surface area (Å²) in [6.45, 7) is 4.42. The highest BCUT2D eigenvalue weighted by Gasteiger charge is 2.41. The van der Waals surface area contributed by atoms with Crippen molar-refractivity contribution in [1.29, 1.82) is 0 Å². The summed E-state index contributed by atoms with van der Waals surface area (Å²) in [4.78, 5) is 8.05. The molecule has 1 aromatic carbocycles. The lowest BCUT2D eigenvalue weighted by molar-refractivity contribution is 0.575. The lowest BCUT2D eigenvalue weighted by atomic mass is 10.0. The number of rotatable bonds is 4. The maximum absolute atomic E-state index is 5.75. The molecule has 1 aliphatic heterocycles. The number of hydrogen-bond donors (Lipinski definition) is 1. The van der Waals surface area contributed by atoms with Crippen molar-refractivity contribution in [2.45, 2.75) is 31.8 Å². The van der Waals surface area contributed by atoms with Crippen molar-refractivity contribution in [3.05, 3.63) is 80.7 Å². The van der Waals surface area contributed by atoms with Crippen LogP contribution in [0.1, 0.15) is 48.0 Å². The summed E-state index contributed by atoms with van der Waals surface area (Å²) in [6.07, 6.45) is 1.83. The molecular weight excluding hydrogens is 438 g/mol. The summed E-state index contributed by atoms with van der Waals surface area (Å²) < 4.78 is 1.09. The zero-order valence-corrected chi connectivity index (χ0v) is 18.3. The largest absolute Gasteiger partial charge is 0.351 e. The van der Waals surface area contributed by atoms with Gasteiger partial charge in [0.15, 0.2) is 5.11 Å². The summed E-state index contributed by atoms with van der Waals surface area (Å²) in [5.41, 5.74) is 3.43. The van der Waals surface area contributed by atoms with E-state index in [0.717, 1.165) is 21.0 Å². The van der Waals surface area contributed by atoms with Gasteiger partial charge in [-0.1, -0.05) is 32.0 Å². The third-order valence-corrected chi connectivity index (χ3v) is 6.89. The minimum atomic E-state index is 0.00836. The van der Waals surface area contributed by atoms with Crippen LogP contribution in [0.25, 0.3) is 0 Å². The molecule has 1 saturated heterocycles. The summed E-state index contributed by atoms with van der Waals surface area (Å²) in [5.74, 6) is 0.507. The van der Waals surface area contributed by atoms with E-state index in [4.69, 9.17) is 12.2 Å². The van der Waals surface area contributed by atoms with E-state index in [2.05, 4.69) is 86.8 Å². The van der Waals surface area contributed by atoms with Crippen molar-refractivity contribution in [2.75, 3.05) is 4.90 Å². The molecule has 4 rings (SSSR count). The van der Waals surface area contributed by atoms with Crippen LogP contribution in [0.15, 0.2) is 64.6 Å². The topological polar surface area (TPSA) is 28.2 Å². The Hall–Kier alpha value is -1.76. The second kappa shape index (κ2) is 7.70. The Morgan fingerprint density at radius 3 is 2.56 bits per heavy atom. The van der Waals surface area contributed by atoms with Gasteiger partial charge in [-0.2, -0.15) is 0 Å². The van der Waals surface area contributed by atoms with Crippen LogP contribution in [0.3, 0.4) is 0 Å². The first-order valence-corrected chi connectivity index (χ1v) is 11.0. The second-order valence-electron chi connectivity index (χ2n) is 6.91. The van der Waals surface area contributed by atoms with Crippen LogP contribution in [0, 0.1) is 0 Å². The number of anilines is 1. The van der Waals surface area contributed by atoms with Crippen LogP contribution in [0.2, 0.25) is 0 Å². The number of thiophene rings is 1.